The Balaban J connectivity index is 1.59. The van der Waals surface area contributed by atoms with Gasteiger partial charge in [-0.25, -0.2) is 19.3 Å². The van der Waals surface area contributed by atoms with Crippen LogP contribution < -0.4 is 5.73 Å². The lowest BCUT2D eigenvalue weighted by Crippen LogP contribution is -2.27. The summed E-state index contributed by atoms with van der Waals surface area (Å²) in [4.78, 5) is 16.5. The number of nitrogens with two attached hydrogens (primary N) is 1. The van der Waals surface area contributed by atoms with Crippen LogP contribution in [-0.2, 0) is 13.5 Å². The number of anilines is 1. The number of likely N-dealkylation sites (tertiary alicyclic amines) is 1. The lowest BCUT2D eigenvalue weighted by molar-refractivity contribution is 0.306. The van der Waals surface area contributed by atoms with Crippen LogP contribution in [0.3, 0.4) is 0 Å². The molecule has 4 heterocycles. The maximum absolute atomic E-state index is 13.7. The average molecular weight is 457 g/mol. The summed E-state index contributed by atoms with van der Waals surface area (Å²) in [6.45, 7) is 1.09. The summed E-state index contributed by atoms with van der Waals surface area (Å²) in [6.07, 6.45) is 4.86. The molecule has 0 saturated carbocycles. The number of benzene rings is 2. The fraction of sp³-hybridized carbons (Fsp3) is 0.280. The lowest BCUT2D eigenvalue weighted by Gasteiger charge is -2.17. The van der Waals surface area contributed by atoms with Gasteiger partial charge in [0.05, 0.1) is 28.6 Å². The van der Waals surface area contributed by atoms with E-state index in [1.807, 2.05) is 23.7 Å². The second kappa shape index (κ2) is 7.88. The third-order valence-corrected chi connectivity index (χ3v) is 6.78. The summed E-state index contributed by atoms with van der Waals surface area (Å²) in [5, 5.41) is 4.73. The van der Waals surface area contributed by atoms with Gasteiger partial charge in [0.1, 0.15) is 5.82 Å². The quantitative estimate of drug-likeness (QED) is 0.444. The van der Waals surface area contributed by atoms with Crippen LogP contribution in [-0.4, -0.2) is 53.7 Å². The molecule has 0 aliphatic carbocycles. The van der Waals surface area contributed by atoms with E-state index in [-0.39, 0.29) is 11.8 Å². The van der Waals surface area contributed by atoms with Crippen LogP contribution in [0.4, 0.5) is 10.3 Å². The van der Waals surface area contributed by atoms with Gasteiger partial charge in [-0.3, -0.25) is 0 Å². The van der Waals surface area contributed by atoms with Crippen LogP contribution in [0.15, 0.2) is 48.8 Å². The number of imidazole rings is 1. The highest BCUT2D eigenvalue weighted by Gasteiger charge is 2.25. The van der Waals surface area contributed by atoms with Crippen molar-refractivity contribution in [3.05, 3.63) is 60.4 Å². The van der Waals surface area contributed by atoms with Gasteiger partial charge in [0, 0.05) is 25.1 Å². The van der Waals surface area contributed by atoms with Gasteiger partial charge >= 0.3 is 0 Å². The third-order valence-electron chi connectivity index (χ3n) is 6.78. The van der Waals surface area contributed by atoms with E-state index in [2.05, 4.69) is 23.0 Å². The van der Waals surface area contributed by atoms with Gasteiger partial charge in [0.25, 0.3) is 0 Å². The Morgan fingerprint density at radius 2 is 1.85 bits per heavy atom. The van der Waals surface area contributed by atoms with Gasteiger partial charge in [-0.15, -0.1) is 5.10 Å². The number of likely N-dealkylation sites (N-methyl/N-ethyl adjacent to an activating group) is 1. The zero-order valence-corrected chi connectivity index (χ0v) is 19.1. The molecule has 1 saturated heterocycles. The second-order valence-corrected chi connectivity index (χ2v) is 9.00. The van der Waals surface area contributed by atoms with E-state index >= 15 is 0 Å². The third kappa shape index (κ3) is 3.40. The number of fused-ring (bicyclic) bond motifs is 2. The molecule has 1 aliphatic rings. The fourth-order valence-corrected chi connectivity index (χ4v) is 4.90. The predicted octanol–water partition coefficient (Wildman–Crippen LogP) is 3.70. The predicted molar refractivity (Wildman–Crippen MR) is 130 cm³/mol. The standard InChI is InChI=1S/C25H25FN8/c1-32-11-3-4-18(32)13-21-29-24-22(16-7-10-19-20(12-16)33(2)14-28-19)23(30-25(27)34(24)31-21)15-5-8-17(26)9-6-15/h5-10,12,14,18H,3-4,11,13H2,1-2H3,(H2,27,30). The van der Waals surface area contributed by atoms with Gasteiger partial charge in [-0.05, 0) is 68.4 Å². The first-order valence-corrected chi connectivity index (χ1v) is 11.4. The molecule has 1 atom stereocenters. The molecule has 5 aromatic rings. The summed E-state index contributed by atoms with van der Waals surface area (Å²) < 4.78 is 17.3. The minimum absolute atomic E-state index is 0.248. The van der Waals surface area contributed by atoms with E-state index in [9.17, 15) is 4.39 Å². The Hall–Kier alpha value is -3.85. The normalized spacial score (nSPS) is 16.7. The van der Waals surface area contributed by atoms with E-state index in [1.165, 1.54) is 18.6 Å². The van der Waals surface area contributed by atoms with Gasteiger partial charge < -0.3 is 15.2 Å². The summed E-state index contributed by atoms with van der Waals surface area (Å²) in [6, 6.07) is 12.8. The Bertz CT molecular complexity index is 1520. The van der Waals surface area contributed by atoms with Gasteiger partial charge in [0.2, 0.25) is 5.95 Å². The molecule has 172 valence electrons. The first kappa shape index (κ1) is 20.7. The highest BCUT2D eigenvalue weighted by atomic mass is 19.1. The van der Waals surface area contributed by atoms with Crippen molar-refractivity contribution in [3.8, 4) is 22.4 Å². The molecular formula is C25H25FN8. The largest absolute Gasteiger partial charge is 0.368 e. The summed E-state index contributed by atoms with van der Waals surface area (Å²) in [7, 11) is 4.11. The minimum atomic E-state index is -0.305. The Morgan fingerprint density at radius 3 is 2.62 bits per heavy atom. The molecular weight excluding hydrogens is 431 g/mol. The van der Waals surface area contributed by atoms with Crippen LogP contribution in [0, 0.1) is 5.82 Å². The second-order valence-electron chi connectivity index (χ2n) is 9.00. The summed E-state index contributed by atoms with van der Waals surface area (Å²) in [5.74, 6) is 0.686. The number of hydrogen-bond acceptors (Lipinski definition) is 6. The average Bonchev–Trinajstić information content (AvgIpc) is 3.54. The molecule has 1 unspecified atom stereocenters. The highest BCUT2D eigenvalue weighted by Crippen LogP contribution is 2.36. The van der Waals surface area contributed by atoms with Crippen LogP contribution in [0.25, 0.3) is 39.1 Å². The van der Waals surface area contributed by atoms with Crippen molar-refractivity contribution in [3.63, 3.8) is 0 Å². The zero-order valence-electron chi connectivity index (χ0n) is 19.1. The van der Waals surface area contributed by atoms with Crippen molar-refractivity contribution >= 4 is 22.6 Å². The number of aromatic nitrogens is 6. The molecule has 0 bridgehead atoms. The molecule has 2 aromatic carbocycles. The van der Waals surface area contributed by atoms with Crippen molar-refractivity contribution < 1.29 is 4.39 Å². The molecule has 0 radical (unpaired) electrons. The SMILES string of the molecule is CN1CCCC1Cc1nc2c(-c3ccc4ncn(C)c4c3)c(-c3ccc(F)cc3)nc(N)n2n1. The molecule has 1 fully saturated rings. The van der Waals surface area contributed by atoms with Crippen LogP contribution in [0.1, 0.15) is 18.7 Å². The molecule has 0 spiro atoms. The number of nitrogens with zero attached hydrogens (tertiary/aromatic N) is 7. The molecule has 34 heavy (non-hydrogen) atoms. The van der Waals surface area contributed by atoms with E-state index < -0.39 is 0 Å². The topological polar surface area (TPSA) is 90.2 Å². The smallest absolute Gasteiger partial charge is 0.223 e. The highest BCUT2D eigenvalue weighted by molar-refractivity contribution is 5.94. The van der Waals surface area contributed by atoms with E-state index in [0.29, 0.717) is 17.4 Å². The van der Waals surface area contributed by atoms with Crippen molar-refractivity contribution in [2.24, 2.45) is 7.05 Å². The van der Waals surface area contributed by atoms with E-state index in [0.717, 1.165) is 52.9 Å². The van der Waals surface area contributed by atoms with Crippen LogP contribution in [0.5, 0.6) is 0 Å². The monoisotopic (exact) mass is 456 g/mol. The molecule has 3 aromatic heterocycles. The number of halogens is 1. The van der Waals surface area contributed by atoms with Crippen molar-refractivity contribution in [2.75, 3.05) is 19.3 Å². The number of rotatable bonds is 4. The van der Waals surface area contributed by atoms with Gasteiger partial charge in [-0.2, -0.15) is 4.52 Å². The van der Waals surface area contributed by atoms with Gasteiger partial charge in [-0.1, -0.05) is 6.07 Å². The number of aryl methyl sites for hydroxylation is 1. The molecule has 6 rings (SSSR count). The molecule has 2 N–H and O–H groups in total. The van der Waals surface area contributed by atoms with E-state index in [4.69, 9.17) is 20.8 Å². The Morgan fingerprint density at radius 1 is 1.06 bits per heavy atom. The van der Waals surface area contributed by atoms with Crippen molar-refractivity contribution in [2.45, 2.75) is 25.3 Å². The lowest BCUT2D eigenvalue weighted by atomic mass is 9.99. The Labute approximate surface area is 195 Å². The Kier molecular flexibility index (Phi) is 4.80. The number of hydrogen-bond donors (Lipinski definition) is 1. The zero-order chi connectivity index (χ0) is 23.4. The molecule has 0 amide bonds. The minimum Gasteiger partial charge on any atom is -0.368 e. The fourth-order valence-electron chi connectivity index (χ4n) is 4.90. The first-order chi connectivity index (χ1) is 16.5. The van der Waals surface area contributed by atoms with Crippen LogP contribution in [0.2, 0.25) is 0 Å². The molecule has 9 heteroatoms. The molecule has 1 aliphatic heterocycles. The van der Waals surface area contributed by atoms with E-state index in [1.54, 1.807) is 23.0 Å². The maximum atomic E-state index is 13.7. The number of nitrogen functional groups attached to an aromatic ring is 1. The van der Waals surface area contributed by atoms with Gasteiger partial charge in [0.15, 0.2) is 11.5 Å². The van der Waals surface area contributed by atoms with Crippen LogP contribution >= 0.6 is 0 Å². The summed E-state index contributed by atoms with van der Waals surface area (Å²) in [5.41, 5.74) is 12.0. The van der Waals surface area contributed by atoms with Crippen molar-refractivity contribution in [1.29, 1.82) is 0 Å². The summed E-state index contributed by atoms with van der Waals surface area (Å²) >= 11 is 0. The molecule has 8 nitrogen and oxygen atoms in total. The maximum Gasteiger partial charge on any atom is 0.223 e. The van der Waals surface area contributed by atoms with Crippen molar-refractivity contribution in [1.82, 2.24) is 34.0 Å². The first-order valence-electron chi connectivity index (χ1n) is 11.4.